The third-order valence-electron chi connectivity index (χ3n) is 3.61. The molecule has 0 saturated carbocycles. The predicted molar refractivity (Wildman–Crippen MR) is 93.4 cm³/mol. The summed E-state index contributed by atoms with van der Waals surface area (Å²) in [4.78, 5) is 18.8. The molecule has 23 heavy (non-hydrogen) atoms. The molecule has 2 heterocycles. The number of rotatable bonds is 6. The second-order valence-electron chi connectivity index (χ2n) is 5.14. The van der Waals surface area contributed by atoms with Crippen molar-refractivity contribution in [3.8, 4) is 5.75 Å². The van der Waals surface area contributed by atoms with Gasteiger partial charge in [-0.1, -0.05) is 11.8 Å². The number of fused-ring (bicyclic) bond motifs is 1. The van der Waals surface area contributed by atoms with Gasteiger partial charge in [-0.2, -0.15) is 0 Å². The summed E-state index contributed by atoms with van der Waals surface area (Å²) in [6, 6.07) is 7.77. The van der Waals surface area contributed by atoms with Crippen LogP contribution in [-0.2, 0) is 6.42 Å². The molecule has 3 rings (SSSR count). The van der Waals surface area contributed by atoms with Gasteiger partial charge in [-0.05, 0) is 24.5 Å². The van der Waals surface area contributed by atoms with E-state index in [4.69, 9.17) is 4.74 Å². The number of ether oxygens (including phenoxy) is 1. The lowest BCUT2D eigenvalue weighted by atomic mass is 10.3. The minimum atomic E-state index is 0.783. The largest absolute Gasteiger partial charge is 0.497 e. The molecule has 0 bridgehead atoms. The summed E-state index contributed by atoms with van der Waals surface area (Å²) >= 11 is 1.54. The molecule has 0 atom stereocenters. The number of imidazole rings is 1. The van der Waals surface area contributed by atoms with Gasteiger partial charge in [0, 0.05) is 32.3 Å². The first-order valence-corrected chi connectivity index (χ1v) is 8.53. The number of H-pyrrole nitrogens is 1. The number of nitrogens with zero attached hydrogens (tertiary/aromatic N) is 4. The van der Waals surface area contributed by atoms with Crippen LogP contribution in [0.1, 0.15) is 5.82 Å². The molecule has 2 aromatic heterocycles. The molecule has 7 heteroatoms. The van der Waals surface area contributed by atoms with Crippen LogP contribution < -0.4 is 9.64 Å². The van der Waals surface area contributed by atoms with Gasteiger partial charge < -0.3 is 14.6 Å². The van der Waals surface area contributed by atoms with Gasteiger partial charge in [0.15, 0.2) is 5.16 Å². The number of hydrogen-bond acceptors (Lipinski definition) is 6. The molecular weight excluding hydrogens is 310 g/mol. The van der Waals surface area contributed by atoms with E-state index in [9.17, 15) is 0 Å². The Labute approximate surface area is 139 Å². The van der Waals surface area contributed by atoms with Gasteiger partial charge in [0.25, 0.3) is 0 Å². The topological polar surface area (TPSA) is 66.9 Å². The maximum atomic E-state index is 5.24. The Hall–Kier alpha value is -2.28. The van der Waals surface area contributed by atoms with E-state index < -0.39 is 0 Å². The van der Waals surface area contributed by atoms with Crippen LogP contribution in [0, 0.1) is 0 Å². The number of anilines is 1. The van der Waals surface area contributed by atoms with Crippen LogP contribution in [-0.4, -0.2) is 46.9 Å². The first-order chi connectivity index (χ1) is 11.2. The standard InChI is InChI=1S/C16H19N5OS/c1-21(15-6-8-17-16(20-15)23-3)9-7-14-18-12-5-4-11(22-2)10-13(12)19-14/h4-6,8,10H,7,9H2,1-3H3,(H,18,19). The van der Waals surface area contributed by atoms with Gasteiger partial charge in [0.1, 0.15) is 17.4 Å². The summed E-state index contributed by atoms with van der Waals surface area (Å²) in [5, 5.41) is 0.783. The maximum absolute atomic E-state index is 5.24. The number of nitrogens with one attached hydrogen (secondary N) is 1. The summed E-state index contributed by atoms with van der Waals surface area (Å²) in [7, 11) is 3.69. The van der Waals surface area contributed by atoms with Crippen LogP contribution in [0.4, 0.5) is 5.82 Å². The second kappa shape index (κ2) is 6.87. The molecule has 0 radical (unpaired) electrons. The average Bonchev–Trinajstić information content (AvgIpc) is 3.01. The predicted octanol–water partition coefficient (Wildman–Crippen LogP) is 2.76. The third-order valence-corrected chi connectivity index (χ3v) is 4.18. The van der Waals surface area contributed by atoms with Crippen molar-refractivity contribution in [1.82, 2.24) is 19.9 Å². The molecular formula is C16H19N5OS. The zero-order chi connectivity index (χ0) is 16.2. The van der Waals surface area contributed by atoms with Crippen LogP contribution in [0.15, 0.2) is 35.6 Å². The molecule has 0 unspecified atom stereocenters. The van der Waals surface area contributed by atoms with Gasteiger partial charge in [-0.3, -0.25) is 0 Å². The quantitative estimate of drug-likeness (QED) is 0.554. The van der Waals surface area contributed by atoms with Gasteiger partial charge in [-0.25, -0.2) is 15.0 Å². The zero-order valence-electron chi connectivity index (χ0n) is 13.4. The van der Waals surface area contributed by atoms with E-state index in [0.717, 1.165) is 46.5 Å². The molecule has 3 aromatic rings. The summed E-state index contributed by atoms with van der Waals surface area (Å²) in [6.45, 7) is 0.821. The second-order valence-corrected chi connectivity index (χ2v) is 5.91. The Morgan fingerprint density at radius 2 is 2.13 bits per heavy atom. The van der Waals surface area contributed by atoms with Crippen LogP contribution in [0.3, 0.4) is 0 Å². The number of hydrogen-bond donors (Lipinski definition) is 1. The summed E-state index contributed by atoms with van der Waals surface area (Å²) < 4.78 is 5.24. The van der Waals surface area contributed by atoms with E-state index in [1.54, 1.807) is 25.1 Å². The molecule has 0 spiro atoms. The van der Waals surface area contributed by atoms with Crippen molar-refractivity contribution < 1.29 is 4.74 Å². The number of aromatic amines is 1. The van der Waals surface area contributed by atoms with Crippen LogP contribution in [0.25, 0.3) is 11.0 Å². The van der Waals surface area contributed by atoms with Gasteiger partial charge in [0.05, 0.1) is 18.1 Å². The van der Waals surface area contributed by atoms with Gasteiger partial charge in [-0.15, -0.1) is 0 Å². The number of benzene rings is 1. The molecule has 0 aliphatic rings. The van der Waals surface area contributed by atoms with Crippen molar-refractivity contribution in [2.45, 2.75) is 11.6 Å². The first-order valence-electron chi connectivity index (χ1n) is 7.30. The smallest absolute Gasteiger partial charge is 0.189 e. The number of methoxy groups -OCH3 is 1. The van der Waals surface area contributed by atoms with Gasteiger partial charge in [0.2, 0.25) is 0 Å². The Morgan fingerprint density at radius 3 is 2.91 bits per heavy atom. The SMILES string of the molecule is COc1ccc2nc(CCN(C)c3ccnc(SC)n3)[nH]c2c1. The molecule has 0 fully saturated rings. The van der Waals surface area contributed by atoms with Crippen molar-refractivity contribution in [2.75, 3.05) is 31.9 Å². The Bertz CT molecular complexity index is 804. The Morgan fingerprint density at radius 1 is 1.26 bits per heavy atom. The van der Waals surface area contributed by atoms with E-state index in [0.29, 0.717) is 0 Å². The number of thioether (sulfide) groups is 1. The van der Waals surface area contributed by atoms with Crippen molar-refractivity contribution in [3.63, 3.8) is 0 Å². The monoisotopic (exact) mass is 329 g/mol. The van der Waals surface area contributed by atoms with Crippen molar-refractivity contribution >= 4 is 28.6 Å². The molecule has 6 nitrogen and oxygen atoms in total. The highest BCUT2D eigenvalue weighted by molar-refractivity contribution is 7.98. The Balaban J connectivity index is 1.69. The van der Waals surface area contributed by atoms with Crippen LogP contribution in [0.2, 0.25) is 0 Å². The van der Waals surface area contributed by atoms with E-state index in [-0.39, 0.29) is 0 Å². The molecule has 120 valence electrons. The molecule has 0 amide bonds. The van der Waals surface area contributed by atoms with Crippen molar-refractivity contribution in [1.29, 1.82) is 0 Å². The van der Waals surface area contributed by atoms with Crippen molar-refractivity contribution in [3.05, 3.63) is 36.3 Å². The third kappa shape index (κ3) is 3.56. The highest BCUT2D eigenvalue weighted by Crippen LogP contribution is 2.19. The maximum Gasteiger partial charge on any atom is 0.189 e. The van der Waals surface area contributed by atoms with Crippen LogP contribution in [0.5, 0.6) is 5.75 Å². The first kappa shape index (κ1) is 15.6. The lowest BCUT2D eigenvalue weighted by molar-refractivity contribution is 0.415. The molecule has 1 N–H and O–H groups in total. The normalized spacial score (nSPS) is 10.9. The molecule has 0 aliphatic carbocycles. The van der Waals surface area contributed by atoms with E-state index in [2.05, 4.69) is 24.8 Å². The molecule has 0 aliphatic heterocycles. The fourth-order valence-electron chi connectivity index (χ4n) is 2.32. The fourth-order valence-corrected chi connectivity index (χ4v) is 2.67. The zero-order valence-corrected chi connectivity index (χ0v) is 14.2. The van der Waals surface area contributed by atoms with Gasteiger partial charge >= 0.3 is 0 Å². The number of aromatic nitrogens is 4. The molecule has 1 aromatic carbocycles. The summed E-state index contributed by atoms with van der Waals surface area (Å²) in [5.41, 5.74) is 1.95. The average molecular weight is 329 g/mol. The highest BCUT2D eigenvalue weighted by atomic mass is 32.2. The number of likely N-dealkylation sites (N-methyl/N-ethyl adjacent to an activating group) is 1. The molecule has 0 saturated heterocycles. The van der Waals surface area contributed by atoms with E-state index >= 15 is 0 Å². The minimum Gasteiger partial charge on any atom is -0.497 e. The summed E-state index contributed by atoms with van der Waals surface area (Å²) in [6.07, 6.45) is 4.58. The summed E-state index contributed by atoms with van der Waals surface area (Å²) in [5.74, 6) is 2.71. The van der Waals surface area contributed by atoms with E-state index in [1.165, 1.54) is 0 Å². The minimum absolute atomic E-state index is 0.783. The van der Waals surface area contributed by atoms with E-state index in [1.807, 2.05) is 37.6 Å². The fraction of sp³-hybridized carbons (Fsp3) is 0.312. The highest BCUT2D eigenvalue weighted by Gasteiger charge is 2.08. The Kier molecular flexibility index (Phi) is 4.66. The van der Waals surface area contributed by atoms with Crippen molar-refractivity contribution in [2.24, 2.45) is 0 Å². The lowest BCUT2D eigenvalue weighted by Crippen LogP contribution is -2.22. The lowest BCUT2D eigenvalue weighted by Gasteiger charge is -2.17. The van der Waals surface area contributed by atoms with Crippen LogP contribution >= 0.6 is 11.8 Å².